The first-order chi connectivity index (χ1) is 8.15. The number of ether oxygens (including phenoxy) is 1. The van der Waals surface area contributed by atoms with Crippen LogP contribution in [-0.2, 0) is 4.79 Å². The number of hydrogen-bond donors (Lipinski definition) is 1. The molecular weight excluding hydrogens is 282 g/mol. The molecule has 0 radical (unpaired) electrons. The van der Waals surface area contributed by atoms with Crippen molar-refractivity contribution in [2.24, 2.45) is 0 Å². The average molecular weight is 298 g/mol. The predicted molar refractivity (Wildman–Crippen MR) is 70.2 cm³/mol. The van der Waals surface area contributed by atoms with Crippen LogP contribution in [0.4, 0.5) is 0 Å². The number of carbonyl (C=O) groups is 1. The van der Waals surface area contributed by atoms with E-state index in [1.54, 1.807) is 0 Å². The summed E-state index contributed by atoms with van der Waals surface area (Å²) in [5, 5.41) is 2.94. The lowest BCUT2D eigenvalue weighted by molar-refractivity contribution is -0.121. The molecular formula is C13H16BrNO2. The molecule has 17 heavy (non-hydrogen) atoms. The van der Waals surface area contributed by atoms with E-state index in [2.05, 4.69) is 21.2 Å². The average Bonchev–Trinajstić information content (AvgIpc) is 3.05. The zero-order chi connectivity index (χ0) is 12.3. The summed E-state index contributed by atoms with van der Waals surface area (Å²) in [4.78, 5) is 11.4. The predicted octanol–water partition coefficient (Wildman–Crippen LogP) is 2.81. The summed E-state index contributed by atoms with van der Waals surface area (Å²) in [6, 6.07) is 6.28. The highest BCUT2D eigenvalue weighted by Crippen LogP contribution is 2.22. The number of aryl methyl sites for hydroxylation is 1. The summed E-state index contributed by atoms with van der Waals surface area (Å²) in [5.74, 6) is 0.926. The Hall–Kier alpha value is -1.03. The molecule has 1 fully saturated rings. The van der Waals surface area contributed by atoms with E-state index in [1.165, 1.54) is 0 Å². The fraction of sp³-hybridized carbons (Fsp3) is 0.462. The molecule has 1 aromatic carbocycles. The van der Waals surface area contributed by atoms with E-state index < -0.39 is 0 Å². The number of rotatable bonds is 5. The lowest BCUT2D eigenvalue weighted by Crippen LogP contribution is -2.26. The van der Waals surface area contributed by atoms with Crippen molar-refractivity contribution in [3.63, 3.8) is 0 Å². The fourth-order valence-corrected chi connectivity index (χ4v) is 2.03. The first-order valence-electron chi connectivity index (χ1n) is 5.83. The molecule has 1 saturated carbocycles. The highest BCUT2D eigenvalue weighted by Gasteiger charge is 2.22. The van der Waals surface area contributed by atoms with Crippen LogP contribution in [0.1, 0.15) is 24.8 Å². The second kappa shape index (κ2) is 5.54. The van der Waals surface area contributed by atoms with E-state index in [9.17, 15) is 4.79 Å². The van der Waals surface area contributed by atoms with Gasteiger partial charge in [-0.3, -0.25) is 4.79 Å². The summed E-state index contributed by atoms with van der Waals surface area (Å²) in [6.45, 7) is 2.42. The molecule has 1 aromatic rings. The van der Waals surface area contributed by atoms with Gasteiger partial charge in [0.25, 0.3) is 0 Å². The van der Waals surface area contributed by atoms with Crippen LogP contribution in [0.25, 0.3) is 0 Å². The monoisotopic (exact) mass is 297 g/mol. The van der Waals surface area contributed by atoms with Gasteiger partial charge in [0.1, 0.15) is 5.75 Å². The molecule has 3 nitrogen and oxygen atoms in total. The maximum Gasteiger partial charge on any atom is 0.223 e. The third-order valence-corrected chi connectivity index (χ3v) is 3.16. The van der Waals surface area contributed by atoms with E-state index in [-0.39, 0.29) is 5.91 Å². The van der Waals surface area contributed by atoms with Gasteiger partial charge in [0.15, 0.2) is 0 Å². The molecule has 1 aliphatic carbocycles. The molecule has 4 heteroatoms. The fourth-order valence-electron chi connectivity index (χ4n) is 1.56. The van der Waals surface area contributed by atoms with Gasteiger partial charge in [-0.1, -0.05) is 15.9 Å². The number of benzene rings is 1. The van der Waals surface area contributed by atoms with E-state index in [0.717, 1.165) is 28.6 Å². The Balaban J connectivity index is 1.75. The summed E-state index contributed by atoms with van der Waals surface area (Å²) >= 11 is 3.40. The van der Waals surface area contributed by atoms with Crippen LogP contribution in [-0.4, -0.2) is 18.6 Å². The zero-order valence-corrected chi connectivity index (χ0v) is 11.4. The van der Waals surface area contributed by atoms with Gasteiger partial charge in [-0.25, -0.2) is 0 Å². The summed E-state index contributed by atoms with van der Waals surface area (Å²) in [6.07, 6.45) is 2.67. The Morgan fingerprint density at radius 2 is 2.29 bits per heavy atom. The van der Waals surface area contributed by atoms with Crippen LogP contribution < -0.4 is 10.1 Å². The van der Waals surface area contributed by atoms with Crippen molar-refractivity contribution in [1.82, 2.24) is 5.32 Å². The Morgan fingerprint density at radius 3 is 2.94 bits per heavy atom. The molecule has 0 heterocycles. The van der Waals surface area contributed by atoms with Gasteiger partial charge >= 0.3 is 0 Å². The van der Waals surface area contributed by atoms with Crippen LogP contribution in [0.2, 0.25) is 0 Å². The molecule has 1 N–H and O–H groups in total. The van der Waals surface area contributed by atoms with Gasteiger partial charge in [-0.05, 0) is 43.5 Å². The van der Waals surface area contributed by atoms with Crippen LogP contribution >= 0.6 is 15.9 Å². The summed E-state index contributed by atoms with van der Waals surface area (Å²) in [7, 11) is 0. The van der Waals surface area contributed by atoms with E-state index in [0.29, 0.717) is 19.1 Å². The molecule has 2 rings (SSSR count). The second-order valence-corrected chi connectivity index (χ2v) is 5.27. The number of halogens is 1. The second-order valence-electron chi connectivity index (χ2n) is 4.35. The number of hydrogen-bond acceptors (Lipinski definition) is 2. The Labute approximate surface area is 110 Å². The van der Waals surface area contributed by atoms with Crippen molar-refractivity contribution in [3.05, 3.63) is 28.2 Å². The molecule has 92 valence electrons. The van der Waals surface area contributed by atoms with Crippen LogP contribution in [0, 0.1) is 6.92 Å². The smallest absolute Gasteiger partial charge is 0.223 e. The van der Waals surface area contributed by atoms with E-state index in [1.807, 2.05) is 25.1 Å². The maximum absolute atomic E-state index is 11.4. The van der Waals surface area contributed by atoms with E-state index >= 15 is 0 Å². The molecule has 0 atom stereocenters. The topological polar surface area (TPSA) is 38.3 Å². The van der Waals surface area contributed by atoms with Crippen molar-refractivity contribution in [1.29, 1.82) is 0 Å². The normalized spacial score (nSPS) is 14.5. The molecule has 0 bridgehead atoms. The van der Waals surface area contributed by atoms with Crippen molar-refractivity contribution in [2.75, 3.05) is 6.61 Å². The Morgan fingerprint density at radius 1 is 1.53 bits per heavy atom. The molecule has 0 saturated heterocycles. The lowest BCUT2D eigenvalue weighted by Gasteiger charge is -2.09. The largest absolute Gasteiger partial charge is 0.493 e. The summed E-state index contributed by atoms with van der Waals surface area (Å²) < 4.78 is 6.62. The standard InChI is InChI=1S/C13H16BrNO2/c1-9-8-10(14)2-5-12(9)17-7-6-13(16)15-11-3-4-11/h2,5,8,11H,3-4,6-7H2,1H3,(H,15,16). The molecule has 1 amide bonds. The molecule has 1 aliphatic rings. The van der Waals surface area contributed by atoms with Crippen molar-refractivity contribution in [2.45, 2.75) is 32.2 Å². The highest BCUT2D eigenvalue weighted by molar-refractivity contribution is 9.10. The molecule has 0 aromatic heterocycles. The van der Waals surface area contributed by atoms with Gasteiger partial charge in [0.05, 0.1) is 13.0 Å². The zero-order valence-electron chi connectivity index (χ0n) is 9.83. The Bertz CT molecular complexity index is 416. The van der Waals surface area contributed by atoms with E-state index in [4.69, 9.17) is 4.74 Å². The highest BCUT2D eigenvalue weighted by atomic mass is 79.9. The molecule has 0 spiro atoms. The third-order valence-electron chi connectivity index (χ3n) is 2.67. The SMILES string of the molecule is Cc1cc(Br)ccc1OCCC(=O)NC1CC1. The molecule has 0 unspecified atom stereocenters. The van der Waals surface area contributed by atoms with Crippen molar-refractivity contribution >= 4 is 21.8 Å². The van der Waals surface area contributed by atoms with Crippen LogP contribution in [0.15, 0.2) is 22.7 Å². The quantitative estimate of drug-likeness (QED) is 0.907. The van der Waals surface area contributed by atoms with Crippen molar-refractivity contribution < 1.29 is 9.53 Å². The minimum Gasteiger partial charge on any atom is -0.493 e. The Kier molecular flexibility index (Phi) is 4.05. The van der Waals surface area contributed by atoms with Crippen LogP contribution in [0.5, 0.6) is 5.75 Å². The van der Waals surface area contributed by atoms with Gasteiger partial charge < -0.3 is 10.1 Å². The first kappa shape index (κ1) is 12.4. The van der Waals surface area contributed by atoms with Gasteiger partial charge in [-0.2, -0.15) is 0 Å². The number of amides is 1. The molecule has 0 aliphatic heterocycles. The minimum atomic E-state index is 0.0854. The first-order valence-corrected chi connectivity index (χ1v) is 6.63. The van der Waals surface area contributed by atoms with Crippen molar-refractivity contribution in [3.8, 4) is 5.75 Å². The maximum atomic E-state index is 11.4. The third kappa shape index (κ3) is 4.04. The van der Waals surface area contributed by atoms with Gasteiger partial charge in [0, 0.05) is 10.5 Å². The van der Waals surface area contributed by atoms with Crippen LogP contribution in [0.3, 0.4) is 0 Å². The minimum absolute atomic E-state index is 0.0854. The lowest BCUT2D eigenvalue weighted by atomic mass is 10.2. The number of carbonyl (C=O) groups excluding carboxylic acids is 1. The van der Waals surface area contributed by atoms with Gasteiger partial charge in [-0.15, -0.1) is 0 Å². The summed E-state index contributed by atoms with van der Waals surface area (Å²) in [5.41, 5.74) is 1.07. The number of nitrogens with one attached hydrogen (secondary N) is 1. The van der Waals surface area contributed by atoms with Gasteiger partial charge in [0.2, 0.25) is 5.91 Å².